The highest BCUT2D eigenvalue weighted by atomic mass is 19.1. The van der Waals surface area contributed by atoms with Crippen LogP contribution in [0, 0.1) is 11.6 Å². The molecule has 0 aliphatic rings. The van der Waals surface area contributed by atoms with Gasteiger partial charge in [-0.15, -0.1) is 0 Å². The summed E-state index contributed by atoms with van der Waals surface area (Å²) in [5.41, 5.74) is 4.46. The van der Waals surface area contributed by atoms with E-state index in [-0.39, 0.29) is 11.6 Å². The topological polar surface area (TPSA) is 27.1 Å². The molecule has 5 heteroatoms. The van der Waals surface area contributed by atoms with Gasteiger partial charge < -0.3 is 4.74 Å². The average molecular weight is 404 g/mol. The molecule has 0 N–H and O–H groups in total. The molecule has 152 valence electrons. The zero-order chi connectivity index (χ0) is 20.9. The highest BCUT2D eigenvalue weighted by molar-refractivity contribution is 5.66. The second-order valence-corrected chi connectivity index (χ2v) is 7.17. The first kappa shape index (κ1) is 19.8. The van der Waals surface area contributed by atoms with E-state index < -0.39 is 0 Å². The maximum atomic E-state index is 13.9. The van der Waals surface area contributed by atoms with Gasteiger partial charge in [-0.05, 0) is 59.9 Å². The standard InChI is InChI=1S/C25H22F2N2O/c1-30-23-11-7-18(8-12-23)6-9-19-14-22(26)10-13-24(19)21-15-28-29(17-21)16-20-4-2-3-5-25(20)27/h2-5,7-8,10-15,17H,6,9,16H2,1H3. The molecule has 1 aromatic heterocycles. The monoisotopic (exact) mass is 404 g/mol. The third kappa shape index (κ3) is 4.57. The van der Waals surface area contributed by atoms with Crippen LogP contribution in [0.3, 0.4) is 0 Å². The molecule has 0 aliphatic carbocycles. The zero-order valence-corrected chi connectivity index (χ0v) is 16.7. The van der Waals surface area contributed by atoms with Gasteiger partial charge in [-0.25, -0.2) is 8.78 Å². The van der Waals surface area contributed by atoms with Gasteiger partial charge in [-0.2, -0.15) is 5.10 Å². The Balaban J connectivity index is 1.54. The minimum absolute atomic E-state index is 0.253. The lowest BCUT2D eigenvalue weighted by Crippen LogP contribution is -2.01. The second-order valence-electron chi connectivity index (χ2n) is 7.17. The van der Waals surface area contributed by atoms with Crippen LogP contribution in [0.2, 0.25) is 0 Å². The van der Waals surface area contributed by atoms with Crippen LogP contribution in [-0.4, -0.2) is 16.9 Å². The van der Waals surface area contributed by atoms with Crippen molar-refractivity contribution in [1.82, 2.24) is 9.78 Å². The van der Waals surface area contributed by atoms with Crippen LogP contribution in [-0.2, 0) is 19.4 Å². The van der Waals surface area contributed by atoms with Gasteiger partial charge in [-0.1, -0.05) is 36.4 Å². The van der Waals surface area contributed by atoms with Crippen LogP contribution in [0.4, 0.5) is 8.78 Å². The molecule has 4 rings (SSSR count). The summed E-state index contributed by atoms with van der Waals surface area (Å²) in [6.07, 6.45) is 5.09. The van der Waals surface area contributed by atoms with Crippen molar-refractivity contribution in [2.45, 2.75) is 19.4 Å². The third-order valence-corrected chi connectivity index (χ3v) is 5.14. The molecule has 0 bridgehead atoms. The van der Waals surface area contributed by atoms with Gasteiger partial charge in [0.25, 0.3) is 0 Å². The first-order chi connectivity index (χ1) is 14.6. The molecule has 0 saturated carbocycles. The molecule has 1 heterocycles. The number of aryl methyl sites for hydroxylation is 2. The molecule has 0 atom stereocenters. The zero-order valence-electron chi connectivity index (χ0n) is 16.7. The summed E-state index contributed by atoms with van der Waals surface area (Å²) in [5.74, 6) is 0.297. The summed E-state index contributed by atoms with van der Waals surface area (Å²) >= 11 is 0. The lowest BCUT2D eigenvalue weighted by atomic mass is 9.96. The molecule has 30 heavy (non-hydrogen) atoms. The Morgan fingerprint density at radius 2 is 1.70 bits per heavy atom. The SMILES string of the molecule is COc1ccc(CCc2cc(F)ccc2-c2cnn(Cc3ccccc3F)c2)cc1. The van der Waals surface area contributed by atoms with Crippen molar-refractivity contribution in [3.05, 3.63) is 107 Å². The largest absolute Gasteiger partial charge is 0.497 e. The molecule has 0 saturated heterocycles. The molecular formula is C25H22F2N2O. The quantitative estimate of drug-likeness (QED) is 0.397. The summed E-state index contributed by atoms with van der Waals surface area (Å²) in [7, 11) is 1.64. The van der Waals surface area contributed by atoms with Crippen molar-refractivity contribution in [3.63, 3.8) is 0 Å². The maximum Gasteiger partial charge on any atom is 0.128 e. The number of methoxy groups -OCH3 is 1. The van der Waals surface area contributed by atoms with Crippen molar-refractivity contribution in [2.75, 3.05) is 7.11 Å². The fraction of sp³-hybridized carbons (Fsp3) is 0.160. The summed E-state index contributed by atoms with van der Waals surface area (Å²) < 4.78 is 34.8. The Bertz CT molecular complexity index is 1140. The lowest BCUT2D eigenvalue weighted by molar-refractivity contribution is 0.414. The molecule has 3 nitrogen and oxygen atoms in total. The van der Waals surface area contributed by atoms with Gasteiger partial charge in [-0.3, -0.25) is 4.68 Å². The van der Waals surface area contributed by atoms with Gasteiger partial charge >= 0.3 is 0 Å². The predicted octanol–water partition coefficient (Wildman–Crippen LogP) is 5.67. The van der Waals surface area contributed by atoms with E-state index in [1.165, 1.54) is 12.1 Å². The minimum atomic E-state index is -0.262. The normalized spacial score (nSPS) is 10.9. The van der Waals surface area contributed by atoms with Gasteiger partial charge in [0.2, 0.25) is 0 Å². The molecule has 0 unspecified atom stereocenters. The number of benzene rings is 3. The van der Waals surface area contributed by atoms with Gasteiger partial charge in [0, 0.05) is 17.3 Å². The van der Waals surface area contributed by atoms with E-state index in [0.29, 0.717) is 18.5 Å². The summed E-state index contributed by atoms with van der Waals surface area (Å²) in [6.45, 7) is 0.342. The van der Waals surface area contributed by atoms with Crippen molar-refractivity contribution in [3.8, 4) is 16.9 Å². The third-order valence-electron chi connectivity index (χ3n) is 5.14. The molecule has 0 fully saturated rings. The molecule has 3 aromatic carbocycles. The van der Waals surface area contributed by atoms with Gasteiger partial charge in [0.1, 0.15) is 17.4 Å². The van der Waals surface area contributed by atoms with Crippen molar-refractivity contribution in [1.29, 1.82) is 0 Å². The van der Waals surface area contributed by atoms with Crippen LogP contribution >= 0.6 is 0 Å². The Morgan fingerprint density at radius 1 is 0.900 bits per heavy atom. The average Bonchev–Trinajstić information content (AvgIpc) is 3.22. The minimum Gasteiger partial charge on any atom is -0.497 e. The first-order valence-electron chi connectivity index (χ1n) is 9.80. The van der Waals surface area contributed by atoms with E-state index >= 15 is 0 Å². The molecule has 0 amide bonds. The van der Waals surface area contributed by atoms with E-state index in [0.717, 1.165) is 34.4 Å². The number of aromatic nitrogens is 2. The van der Waals surface area contributed by atoms with E-state index in [2.05, 4.69) is 5.10 Å². The van der Waals surface area contributed by atoms with Crippen LogP contribution in [0.15, 0.2) is 79.1 Å². The Kier molecular flexibility index (Phi) is 5.89. The van der Waals surface area contributed by atoms with Crippen LogP contribution in [0.1, 0.15) is 16.7 Å². The highest BCUT2D eigenvalue weighted by Gasteiger charge is 2.11. The van der Waals surface area contributed by atoms with Gasteiger partial charge in [0.15, 0.2) is 0 Å². The predicted molar refractivity (Wildman–Crippen MR) is 114 cm³/mol. The fourth-order valence-electron chi connectivity index (χ4n) is 3.51. The smallest absolute Gasteiger partial charge is 0.128 e. The Hall–Kier alpha value is -3.47. The van der Waals surface area contributed by atoms with Crippen molar-refractivity contribution < 1.29 is 13.5 Å². The molecule has 0 radical (unpaired) electrons. The molecule has 0 spiro atoms. The number of nitrogens with zero attached hydrogens (tertiary/aromatic N) is 2. The summed E-state index contributed by atoms with van der Waals surface area (Å²) in [6, 6.07) is 19.4. The van der Waals surface area contributed by atoms with E-state index in [1.807, 2.05) is 30.5 Å². The maximum absolute atomic E-state index is 13.9. The van der Waals surface area contributed by atoms with Gasteiger partial charge in [0.05, 0.1) is 19.9 Å². The Labute approximate surface area is 174 Å². The van der Waals surface area contributed by atoms with Crippen molar-refractivity contribution in [2.24, 2.45) is 0 Å². The number of halogens is 2. The number of hydrogen-bond acceptors (Lipinski definition) is 2. The van der Waals surface area contributed by atoms with Crippen molar-refractivity contribution >= 4 is 0 Å². The second kappa shape index (κ2) is 8.91. The molecule has 0 aliphatic heterocycles. The summed E-state index contributed by atoms with van der Waals surface area (Å²) in [4.78, 5) is 0. The number of rotatable bonds is 7. The Morgan fingerprint density at radius 3 is 2.47 bits per heavy atom. The molecular weight excluding hydrogens is 382 g/mol. The fourth-order valence-corrected chi connectivity index (χ4v) is 3.51. The van der Waals surface area contributed by atoms with E-state index in [1.54, 1.807) is 48.3 Å². The van der Waals surface area contributed by atoms with Crippen LogP contribution < -0.4 is 4.74 Å². The first-order valence-corrected chi connectivity index (χ1v) is 9.80. The van der Waals surface area contributed by atoms with Crippen LogP contribution in [0.5, 0.6) is 5.75 Å². The van der Waals surface area contributed by atoms with E-state index in [9.17, 15) is 8.78 Å². The number of ether oxygens (including phenoxy) is 1. The van der Waals surface area contributed by atoms with Crippen LogP contribution in [0.25, 0.3) is 11.1 Å². The van der Waals surface area contributed by atoms with E-state index in [4.69, 9.17) is 4.74 Å². The summed E-state index contributed by atoms with van der Waals surface area (Å²) in [5, 5.41) is 4.37. The highest BCUT2D eigenvalue weighted by Crippen LogP contribution is 2.26. The lowest BCUT2D eigenvalue weighted by Gasteiger charge is -2.09. The molecule has 4 aromatic rings. The number of hydrogen-bond donors (Lipinski definition) is 0.